The molecule has 2 aromatic heterocycles. The van der Waals surface area contributed by atoms with E-state index in [1.807, 2.05) is 6.92 Å². The molecule has 0 atom stereocenters. The first kappa shape index (κ1) is 13.9. The molecule has 0 aliphatic rings. The highest BCUT2D eigenvalue weighted by molar-refractivity contribution is 6.04. The molecule has 2 aromatic rings. The lowest BCUT2D eigenvalue weighted by Gasteiger charge is -2.20. The minimum Gasteiger partial charge on any atom is -0.481 e. The van der Waals surface area contributed by atoms with Gasteiger partial charge in [-0.1, -0.05) is 0 Å². The van der Waals surface area contributed by atoms with Crippen LogP contribution in [0.25, 0.3) is 0 Å². The summed E-state index contributed by atoms with van der Waals surface area (Å²) in [7, 11) is 1.55. The first-order valence-electron chi connectivity index (χ1n) is 6.27. The molecule has 6 nitrogen and oxygen atoms in total. The average Bonchev–Trinajstić information content (AvgIpc) is 2.48. The molecule has 2 heterocycles. The quantitative estimate of drug-likeness (QED) is 0.849. The van der Waals surface area contributed by atoms with Gasteiger partial charge in [0.25, 0.3) is 5.91 Å². The van der Waals surface area contributed by atoms with Crippen LogP contribution in [0, 0.1) is 6.92 Å². The van der Waals surface area contributed by atoms with Gasteiger partial charge in [-0.15, -0.1) is 0 Å². The molecular formula is C14H16N4O2. The van der Waals surface area contributed by atoms with Gasteiger partial charge >= 0.3 is 0 Å². The van der Waals surface area contributed by atoms with Gasteiger partial charge in [-0.2, -0.15) is 0 Å². The largest absolute Gasteiger partial charge is 0.481 e. The third-order valence-electron chi connectivity index (χ3n) is 2.80. The molecule has 0 saturated carbocycles. The summed E-state index contributed by atoms with van der Waals surface area (Å²) in [5.74, 6) is 0.903. The molecule has 0 spiro atoms. The van der Waals surface area contributed by atoms with Crippen molar-refractivity contribution < 1.29 is 9.53 Å². The van der Waals surface area contributed by atoms with Crippen LogP contribution in [0.4, 0.5) is 5.69 Å². The van der Waals surface area contributed by atoms with Crippen LogP contribution >= 0.6 is 0 Å². The molecule has 6 heteroatoms. The Labute approximate surface area is 117 Å². The van der Waals surface area contributed by atoms with Crippen LogP contribution in [0.3, 0.4) is 0 Å². The van der Waals surface area contributed by atoms with Crippen LogP contribution in [0.2, 0.25) is 0 Å². The highest BCUT2D eigenvalue weighted by Gasteiger charge is 2.18. The van der Waals surface area contributed by atoms with Crippen LogP contribution in [0.1, 0.15) is 23.2 Å². The van der Waals surface area contributed by atoms with E-state index in [0.29, 0.717) is 29.6 Å². The molecule has 0 aliphatic heterocycles. The first-order chi connectivity index (χ1) is 9.65. The zero-order chi connectivity index (χ0) is 14.5. The van der Waals surface area contributed by atoms with Crippen molar-refractivity contribution in [1.82, 2.24) is 15.0 Å². The Balaban J connectivity index is 2.29. The average molecular weight is 272 g/mol. The van der Waals surface area contributed by atoms with E-state index in [2.05, 4.69) is 15.0 Å². The minimum absolute atomic E-state index is 0.176. The van der Waals surface area contributed by atoms with E-state index in [1.165, 1.54) is 0 Å². The second kappa shape index (κ2) is 6.10. The SMILES string of the molecule is CCN(C(=O)c1ccnc(C)n1)c1ccc(OC)nc1. The molecule has 104 valence electrons. The third kappa shape index (κ3) is 2.90. The van der Waals surface area contributed by atoms with Crippen molar-refractivity contribution >= 4 is 11.6 Å². The Morgan fingerprint density at radius 1 is 1.30 bits per heavy atom. The monoisotopic (exact) mass is 272 g/mol. The van der Waals surface area contributed by atoms with Crippen molar-refractivity contribution in [2.45, 2.75) is 13.8 Å². The van der Waals surface area contributed by atoms with E-state index in [1.54, 1.807) is 49.5 Å². The maximum absolute atomic E-state index is 12.5. The van der Waals surface area contributed by atoms with Gasteiger partial charge in [0.2, 0.25) is 5.88 Å². The molecular weight excluding hydrogens is 256 g/mol. The Morgan fingerprint density at radius 3 is 2.65 bits per heavy atom. The third-order valence-corrected chi connectivity index (χ3v) is 2.80. The Morgan fingerprint density at radius 2 is 2.10 bits per heavy atom. The molecule has 0 N–H and O–H groups in total. The fraction of sp³-hybridized carbons (Fsp3) is 0.286. The number of aryl methyl sites for hydroxylation is 1. The van der Waals surface area contributed by atoms with Crippen LogP contribution in [-0.4, -0.2) is 34.5 Å². The predicted molar refractivity (Wildman–Crippen MR) is 74.9 cm³/mol. The van der Waals surface area contributed by atoms with E-state index >= 15 is 0 Å². The van der Waals surface area contributed by atoms with E-state index < -0.39 is 0 Å². The molecule has 0 fully saturated rings. The maximum Gasteiger partial charge on any atom is 0.277 e. The van der Waals surface area contributed by atoms with Gasteiger partial charge in [0.05, 0.1) is 19.0 Å². The van der Waals surface area contributed by atoms with Crippen LogP contribution in [0.5, 0.6) is 5.88 Å². The van der Waals surface area contributed by atoms with Gasteiger partial charge in [-0.25, -0.2) is 15.0 Å². The summed E-state index contributed by atoms with van der Waals surface area (Å²) in [5.41, 5.74) is 1.07. The normalized spacial score (nSPS) is 10.2. The minimum atomic E-state index is -0.176. The lowest BCUT2D eigenvalue weighted by Crippen LogP contribution is -2.31. The van der Waals surface area contributed by atoms with Crippen LogP contribution < -0.4 is 9.64 Å². The van der Waals surface area contributed by atoms with Crippen molar-refractivity contribution in [1.29, 1.82) is 0 Å². The number of pyridine rings is 1. The van der Waals surface area contributed by atoms with Gasteiger partial charge in [-0.05, 0) is 26.0 Å². The zero-order valence-electron chi connectivity index (χ0n) is 11.7. The van der Waals surface area contributed by atoms with E-state index in [-0.39, 0.29) is 5.91 Å². The van der Waals surface area contributed by atoms with E-state index in [4.69, 9.17) is 4.74 Å². The zero-order valence-corrected chi connectivity index (χ0v) is 11.7. The lowest BCUT2D eigenvalue weighted by atomic mass is 10.3. The van der Waals surface area contributed by atoms with Gasteiger partial charge in [0, 0.05) is 18.8 Å². The highest BCUT2D eigenvalue weighted by atomic mass is 16.5. The van der Waals surface area contributed by atoms with Gasteiger partial charge < -0.3 is 9.64 Å². The second-order valence-electron chi connectivity index (χ2n) is 4.10. The fourth-order valence-corrected chi connectivity index (χ4v) is 1.81. The summed E-state index contributed by atoms with van der Waals surface area (Å²) < 4.78 is 5.01. The number of aromatic nitrogens is 3. The topological polar surface area (TPSA) is 68.2 Å². The number of hydrogen-bond donors (Lipinski definition) is 0. The number of nitrogens with zero attached hydrogens (tertiary/aromatic N) is 4. The maximum atomic E-state index is 12.5. The first-order valence-corrected chi connectivity index (χ1v) is 6.27. The number of carbonyl (C=O) groups excluding carboxylic acids is 1. The molecule has 1 amide bonds. The number of methoxy groups -OCH3 is 1. The molecule has 0 radical (unpaired) electrons. The lowest BCUT2D eigenvalue weighted by molar-refractivity contribution is 0.0983. The summed E-state index contributed by atoms with van der Waals surface area (Å²) in [6, 6.07) is 5.12. The molecule has 0 unspecified atom stereocenters. The standard InChI is InChI=1S/C14H16N4O2/c1-4-18(11-5-6-13(20-3)16-9-11)14(19)12-7-8-15-10(2)17-12/h5-9H,4H2,1-3H3. The van der Waals surface area contributed by atoms with Crippen molar-refractivity contribution in [3.63, 3.8) is 0 Å². The van der Waals surface area contributed by atoms with Crippen molar-refractivity contribution in [2.75, 3.05) is 18.6 Å². The summed E-state index contributed by atoms with van der Waals surface area (Å²) in [4.78, 5) is 26.3. The molecule has 2 rings (SSSR count). The molecule has 20 heavy (non-hydrogen) atoms. The van der Waals surface area contributed by atoms with Crippen molar-refractivity contribution in [3.05, 3.63) is 42.1 Å². The second-order valence-corrected chi connectivity index (χ2v) is 4.10. The molecule has 0 bridgehead atoms. The Kier molecular flexibility index (Phi) is 4.24. The smallest absolute Gasteiger partial charge is 0.277 e. The van der Waals surface area contributed by atoms with Crippen LogP contribution in [-0.2, 0) is 0 Å². The summed E-state index contributed by atoms with van der Waals surface area (Å²) in [5, 5.41) is 0. The number of anilines is 1. The number of rotatable bonds is 4. The Bertz CT molecular complexity index is 598. The van der Waals surface area contributed by atoms with Gasteiger partial charge in [0.15, 0.2) is 0 Å². The summed E-state index contributed by atoms with van der Waals surface area (Å²) in [6.07, 6.45) is 3.18. The number of hydrogen-bond acceptors (Lipinski definition) is 5. The van der Waals surface area contributed by atoms with Crippen LogP contribution in [0.15, 0.2) is 30.6 Å². The number of amides is 1. The number of carbonyl (C=O) groups is 1. The Hall–Kier alpha value is -2.50. The highest BCUT2D eigenvalue weighted by Crippen LogP contribution is 2.18. The van der Waals surface area contributed by atoms with Crippen molar-refractivity contribution in [2.24, 2.45) is 0 Å². The molecule has 0 saturated heterocycles. The predicted octanol–water partition coefficient (Wildman–Crippen LogP) is 1.86. The van der Waals surface area contributed by atoms with E-state index in [9.17, 15) is 4.79 Å². The van der Waals surface area contributed by atoms with E-state index in [0.717, 1.165) is 0 Å². The van der Waals surface area contributed by atoms with Gasteiger partial charge in [0.1, 0.15) is 11.5 Å². The van der Waals surface area contributed by atoms with Crippen molar-refractivity contribution in [3.8, 4) is 5.88 Å². The van der Waals surface area contributed by atoms with Gasteiger partial charge in [-0.3, -0.25) is 4.79 Å². The molecule has 0 aromatic carbocycles. The number of ether oxygens (including phenoxy) is 1. The summed E-state index contributed by atoms with van der Waals surface area (Å²) in [6.45, 7) is 4.17. The molecule has 0 aliphatic carbocycles. The fourth-order valence-electron chi connectivity index (χ4n) is 1.81. The summed E-state index contributed by atoms with van der Waals surface area (Å²) >= 11 is 0.